The highest BCUT2D eigenvalue weighted by Gasteiger charge is 2.67. The van der Waals surface area contributed by atoms with E-state index in [-0.39, 0.29) is 6.01 Å². The molecule has 0 aromatic carbocycles. The summed E-state index contributed by atoms with van der Waals surface area (Å²) in [6.45, 7) is 0. The van der Waals surface area contributed by atoms with Gasteiger partial charge in [0, 0.05) is 40.7 Å². The van der Waals surface area contributed by atoms with Gasteiger partial charge in [-0.2, -0.15) is 14.5 Å². The van der Waals surface area contributed by atoms with Crippen LogP contribution in [0.1, 0.15) is 23.3 Å². The maximum Gasteiger partial charge on any atom is 0.319 e. The number of thiazole rings is 1. The monoisotopic (exact) mass is 507 g/mol. The first-order valence-corrected chi connectivity index (χ1v) is 11.9. The number of hydrogen-bond acceptors (Lipinski definition) is 15. The third kappa shape index (κ3) is 2.77. The number of hydrogen-bond donors (Lipinski definition) is 1. The third-order valence-electron chi connectivity index (χ3n) is 5.56. The predicted molar refractivity (Wildman–Crippen MR) is 121 cm³/mol. The molecule has 2 atom stereocenters. The van der Waals surface area contributed by atoms with Crippen LogP contribution >= 0.6 is 22.9 Å². The van der Waals surface area contributed by atoms with E-state index >= 15 is 0 Å². The van der Waals surface area contributed by atoms with Gasteiger partial charge in [-0.05, 0) is 17.6 Å². The molecule has 0 aliphatic carbocycles. The number of imidazole rings is 1. The van der Waals surface area contributed by atoms with Crippen molar-refractivity contribution in [3.8, 4) is 0 Å². The van der Waals surface area contributed by atoms with Gasteiger partial charge < -0.3 is 18.4 Å². The minimum atomic E-state index is -1.27. The van der Waals surface area contributed by atoms with Crippen LogP contribution in [0.2, 0.25) is 0 Å². The van der Waals surface area contributed by atoms with Crippen molar-refractivity contribution in [2.75, 3.05) is 15.1 Å². The van der Waals surface area contributed by atoms with Gasteiger partial charge in [-0.1, -0.05) is 5.16 Å². The summed E-state index contributed by atoms with van der Waals surface area (Å²) in [5.74, 6) is 0.945. The summed E-state index contributed by atoms with van der Waals surface area (Å²) in [4.78, 5) is 17.0. The van der Waals surface area contributed by atoms with Crippen LogP contribution in [0.3, 0.4) is 0 Å². The Balaban J connectivity index is 1.63. The lowest BCUT2D eigenvalue weighted by Gasteiger charge is -2.36. The fourth-order valence-corrected chi connectivity index (χ4v) is 5.55. The molecule has 0 radical (unpaired) electrons. The van der Waals surface area contributed by atoms with Crippen molar-refractivity contribution in [3.63, 3.8) is 0 Å². The molecule has 6 aromatic rings. The average Bonchev–Trinajstić information content (AvgIpc) is 3.71. The largest absolute Gasteiger partial charge is 0.431 e. The Labute approximate surface area is 203 Å². The first kappa shape index (κ1) is 19.9. The normalized spacial score (nSPS) is 20.2. The number of H-pyrrole nitrogens is 1. The molecular formula is C19H13N11O3S2. The van der Waals surface area contributed by atoms with E-state index in [4.69, 9.17) is 17.8 Å². The van der Waals surface area contributed by atoms with E-state index in [0.717, 1.165) is 0 Å². The maximum atomic E-state index is 5.86. The molecule has 2 unspecified atom stereocenters. The number of nitrogens with zero attached hydrogens (tertiary/aromatic N) is 10. The molecule has 0 saturated carbocycles. The molecule has 1 fully saturated rings. The van der Waals surface area contributed by atoms with Gasteiger partial charge in [-0.15, -0.1) is 16.4 Å². The maximum absolute atomic E-state index is 5.86. The fourth-order valence-electron chi connectivity index (χ4n) is 4.35. The van der Waals surface area contributed by atoms with Gasteiger partial charge in [-0.25, -0.2) is 20.0 Å². The summed E-state index contributed by atoms with van der Waals surface area (Å²) in [6.07, 6.45) is 11.1. The van der Waals surface area contributed by atoms with Crippen LogP contribution in [-0.4, -0.2) is 39.8 Å². The van der Waals surface area contributed by atoms with Crippen molar-refractivity contribution < 1.29 is 13.5 Å². The zero-order valence-corrected chi connectivity index (χ0v) is 19.1. The van der Waals surface area contributed by atoms with Gasteiger partial charge in [0.1, 0.15) is 30.1 Å². The van der Waals surface area contributed by atoms with E-state index in [0.29, 0.717) is 28.2 Å². The first-order valence-electron chi connectivity index (χ1n) is 10.2. The molecule has 6 aromatic heterocycles. The lowest BCUT2D eigenvalue weighted by molar-refractivity contribution is 0.391. The number of oxazole rings is 1. The van der Waals surface area contributed by atoms with Gasteiger partial charge >= 0.3 is 6.01 Å². The van der Waals surface area contributed by atoms with Crippen molar-refractivity contribution in [1.29, 1.82) is 0 Å². The summed E-state index contributed by atoms with van der Waals surface area (Å²) in [6, 6.07) is 3.27. The predicted octanol–water partition coefficient (Wildman–Crippen LogP) is 3.03. The van der Waals surface area contributed by atoms with Crippen molar-refractivity contribution in [3.05, 3.63) is 83.7 Å². The molecule has 7 rings (SSSR count). The topological polar surface area (TPSA) is 155 Å². The van der Waals surface area contributed by atoms with E-state index in [2.05, 4.69) is 35.5 Å². The quantitative estimate of drug-likeness (QED) is 0.351. The molecule has 0 amide bonds. The summed E-state index contributed by atoms with van der Waals surface area (Å²) >= 11 is 2.76. The Hall–Kier alpha value is -4.57. The van der Waals surface area contributed by atoms with Gasteiger partial charge in [0.25, 0.3) is 0 Å². The highest BCUT2D eigenvalue weighted by atomic mass is 32.1. The second kappa shape index (κ2) is 7.74. The second-order valence-corrected chi connectivity index (χ2v) is 8.79. The Kier molecular flexibility index (Phi) is 4.39. The molecule has 0 bridgehead atoms. The van der Waals surface area contributed by atoms with Crippen LogP contribution in [0, 0.1) is 0 Å². The van der Waals surface area contributed by atoms with E-state index in [1.54, 1.807) is 41.0 Å². The van der Waals surface area contributed by atoms with Crippen molar-refractivity contribution in [2.24, 2.45) is 0 Å². The Morgan fingerprint density at radius 1 is 1.03 bits per heavy atom. The number of aromatic nitrogens is 8. The lowest BCUT2D eigenvalue weighted by atomic mass is 9.83. The van der Waals surface area contributed by atoms with Crippen LogP contribution < -0.4 is 15.1 Å². The van der Waals surface area contributed by atoms with Gasteiger partial charge in [-0.3, -0.25) is 0 Å². The minimum Gasteiger partial charge on any atom is -0.431 e. The summed E-state index contributed by atoms with van der Waals surface area (Å²) in [5.41, 5.74) is -0.129. The fraction of sp³-hybridized carbons (Fsp3) is 0.105. The molecule has 0 spiro atoms. The van der Waals surface area contributed by atoms with E-state index in [1.807, 2.05) is 21.8 Å². The molecule has 174 valence electrons. The molecule has 35 heavy (non-hydrogen) atoms. The van der Waals surface area contributed by atoms with Gasteiger partial charge in [0.2, 0.25) is 10.9 Å². The van der Waals surface area contributed by atoms with Crippen molar-refractivity contribution in [2.45, 2.75) is 11.6 Å². The number of nitrogens with one attached hydrogen (secondary N) is 1. The SMILES string of the molecule is c1c[nH]c(C2(c3conn3)C(c3ccsn3)N(c3nccs3)N(c3ccon3)N2c2ncco2)n1. The molecule has 16 heteroatoms. The zero-order chi connectivity index (χ0) is 23.2. The Morgan fingerprint density at radius 3 is 2.69 bits per heavy atom. The lowest BCUT2D eigenvalue weighted by Crippen LogP contribution is -2.53. The molecule has 1 aliphatic heterocycles. The molecule has 7 heterocycles. The molecular weight excluding hydrogens is 494 g/mol. The van der Waals surface area contributed by atoms with Crippen LogP contribution in [0.25, 0.3) is 0 Å². The Bertz CT molecular complexity index is 1350. The van der Waals surface area contributed by atoms with Crippen LogP contribution in [-0.2, 0) is 5.54 Å². The second-order valence-electron chi connectivity index (χ2n) is 7.25. The number of rotatable bonds is 6. The Morgan fingerprint density at radius 2 is 2.03 bits per heavy atom. The zero-order valence-electron chi connectivity index (χ0n) is 17.4. The first-order chi connectivity index (χ1) is 17.4. The standard InChI is InChI=1S/C19H13N11O3S2/c1-7-32-25-14(1)30-28(18-23-6-10-34-18)15(12-2-9-35-26-12)19(13-11-33-27-24-13,16-20-3-4-21-16)29(30)17-22-5-8-31-17/h1-11,15H,(H,20,21). The van der Waals surface area contributed by atoms with Crippen LogP contribution in [0.5, 0.6) is 0 Å². The summed E-state index contributed by atoms with van der Waals surface area (Å²) in [5, 5.41) is 22.3. The molecule has 1 saturated heterocycles. The number of hydrazine groups is 2. The van der Waals surface area contributed by atoms with E-state index in [1.165, 1.54) is 41.7 Å². The van der Waals surface area contributed by atoms with Crippen LogP contribution in [0.4, 0.5) is 17.0 Å². The molecule has 1 aliphatic rings. The molecule has 1 N–H and O–H groups in total. The summed E-state index contributed by atoms with van der Waals surface area (Å²) in [7, 11) is 0. The van der Waals surface area contributed by atoms with Gasteiger partial charge in [0.15, 0.2) is 11.8 Å². The average molecular weight is 508 g/mol. The third-order valence-corrected chi connectivity index (χ3v) is 6.90. The van der Waals surface area contributed by atoms with Gasteiger partial charge in [0.05, 0.1) is 11.9 Å². The molecule has 14 nitrogen and oxygen atoms in total. The van der Waals surface area contributed by atoms with E-state index < -0.39 is 11.6 Å². The highest BCUT2D eigenvalue weighted by Crippen LogP contribution is 2.56. The smallest absolute Gasteiger partial charge is 0.319 e. The van der Waals surface area contributed by atoms with Crippen LogP contribution in [0.15, 0.2) is 79.9 Å². The minimum absolute atomic E-state index is 0.228. The highest BCUT2D eigenvalue weighted by molar-refractivity contribution is 7.13. The number of aromatic amines is 1. The summed E-state index contributed by atoms with van der Waals surface area (Å²) < 4.78 is 21.1. The van der Waals surface area contributed by atoms with Crippen molar-refractivity contribution >= 4 is 39.8 Å². The van der Waals surface area contributed by atoms with Crippen molar-refractivity contribution in [1.82, 2.24) is 39.8 Å². The van der Waals surface area contributed by atoms with E-state index in [9.17, 15) is 0 Å². The number of anilines is 3.